The number of amides is 2. The molecule has 0 spiro atoms. The fourth-order valence-corrected chi connectivity index (χ4v) is 11.1. The second-order valence-corrected chi connectivity index (χ2v) is 17.7. The summed E-state index contributed by atoms with van der Waals surface area (Å²) in [6.45, 7) is 8.39. The average molecular weight is 528 g/mol. The summed E-state index contributed by atoms with van der Waals surface area (Å²) in [5.41, 5.74) is 0. The molecule has 28 heavy (non-hydrogen) atoms. The summed E-state index contributed by atoms with van der Waals surface area (Å²) in [5.74, 6) is 1.24. The molecule has 2 saturated heterocycles. The van der Waals surface area contributed by atoms with Gasteiger partial charge in [-0.3, -0.25) is 0 Å². The molecule has 0 saturated carbocycles. The third-order valence-corrected chi connectivity index (χ3v) is 15.6. The second-order valence-electron chi connectivity index (χ2n) is 8.79. The number of nitrogens with one attached hydrogen (secondary N) is 2. The maximum atomic E-state index is 12.5. The number of halogens is 1. The number of Topliss-reactive ketones (excluding diaryl/α,β-unsaturated/α-hetero) is 2. The van der Waals surface area contributed by atoms with Crippen LogP contribution in [0.5, 0.6) is 0 Å². The molecule has 2 aliphatic heterocycles. The minimum atomic E-state index is -2.88. The van der Waals surface area contributed by atoms with Crippen LogP contribution in [0.1, 0.15) is 72.6 Å². The van der Waals surface area contributed by atoms with Gasteiger partial charge in [0.2, 0.25) is 0 Å². The topological polar surface area (TPSA) is 75.3 Å². The molecule has 4 atom stereocenters. The Balaban J connectivity index is 1.63. The number of carbonyl (C=O) groups is 3. The number of hydrogen-bond donors (Lipinski definition) is 2. The zero-order chi connectivity index (χ0) is 21.7. The molecule has 2 aliphatic rings. The first kappa shape index (κ1) is 22.4. The van der Waals surface area contributed by atoms with E-state index < -0.39 is 19.6 Å². The molecule has 5 nitrogen and oxygen atoms in total. The Kier molecular flexibility index (Phi) is 8.94. The van der Waals surface area contributed by atoms with Crippen molar-refractivity contribution >= 4 is 29.4 Å². The maximum absolute atomic E-state index is 12.5. The van der Waals surface area contributed by atoms with E-state index in [1.807, 2.05) is 11.8 Å². The van der Waals surface area contributed by atoms with Gasteiger partial charge in [-0.15, -0.1) is 0 Å². The average Bonchev–Trinajstić information content (AvgIpc) is 3.15. The monoisotopic (exact) mass is 527 g/mol. The van der Waals surface area contributed by atoms with E-state index in [4.69, 9.17) is 0.594 Å². The number of thioether (sulfide) groups is 1. The number of fused-ring (bicyclic) bond motifs is 1. The molecule has 7 heteroatoms. The van der Waals surface area contributed by atoms with E-state index >= 15 is 0 Å². The van der Waals surface area contributed by atoms with Crippen LogP contribution in [0.2, 0.25) is 0 Å². The Morgan fingerprint density at radius 1 is 1.18 bits per heavy atom. The normalized spacial score (nSPS) is 27.9. The van der Waals surface area contributed by atoms with Crippen LogP contribution < -0.4 is 30.3 Å². The first-order valence-corrected chi connectivity index (χ1v) is 15.7. The summed E-state index contributed by atoms with van der Waals surface area (Å²) >= 11 is -0.980. The Bertz CT molecular complexity index is 613. The van der Waals surface area contributed by atoms with E-state index in [1.54, 1.807) is 0 Å². The Morgan fingerprint density at radius 2 is 1.89 bits per heavy atom. The molecule has 0 aromatic rings. The summed E-state index contributed by atoms with van der Waals surface area (Å²) < 4.78 is 10.1. The predicted octanol–water partition coefficient (Wildman–Crippen LogP) is 0.196. The molecule has 0 aromatic heterocycles. The van der Waals surface area contributed by atoms with Crippen molar-refractivity contribution in [1.29, 1.82) is 0.594 Å². The van der Waals surface area contributed by atoms with Crippen molar-refractivity contribution in [3.8, 4) is 0 Å². The fourth-order valence-electron chi connectivity index (χ4n) is 3.74. The molecule has 2 rings (SSSR count). The van der Waals surface area contributed by atoms with Gasteiger partial charge in [0.1, 0.15) is 0 Å². The van der Waals surface area contributed by atoms with Crippen LogP contribution in [0.3, 0.4) is 0 Å². The zero-order valence-corrected chi connectivity index (χ0v) is 20.8. The van der Waals surface area contributed by atoms with E-state index in [0.717, 1.165) is 35.9 Å². The Morgan fingerprint density at radius 3 is 2.57 bits per heavy atom. The number of hydrogen-bond acceptors (Lipinski definition) is 4. The molecule has 0 aliphatic carbocycles. The number of unbranched alkanes of at least 4 members (excludes halogenated alkanes) is 1. The third-order valence-electron chi connectivity index (χ3n) is 5.34. The van der Waals surface area contributed by atoms with Gasteiger partial charge in [0, 0.05) is 0 Å². The number of rotatable bonds is 12. The second kappa shape index (κ2) is 11.2. The first-order valence-electron chi connectivity index (χ1n) is 10.9. The van der Waals surface area contributed by atoms with Crippen LogP contribution in [0.4, 0.5) is 4.79 Å². The van der Waals surface area contributed by atoms with Gasteiger partial charge in [0.15, 0.2) is 0 Å². The molecule has 164 valence electrons. The Hall–Kier alpha value is -0.310. The third kappa shape index (κ3) is 7.50. The van der Waals surface area contributed by atoms with Crippen molar-refractivity contribution in [3.63, 3.8) is 0 Å². The van der Waals surface area contributed by atoms with Crippen molar-refractivity contribution in [2.45, 2.75) is 93.4 Å². The van der Waals surface area contributed by atoms with Gasteiger partial charge in [-0.2, -0.15) is 0 Å². The number of alkyl halides is 3. The summed E-state index contributed by atoms with van der Waals surface area (Å²) in [6.07, 6.45) is 4.96. The quantitative estimate of drug-likeness (QED) is 0.165. The van der Waals surface area contributed by atoms with E-state index in [1.165, 1.54) is 0 Å². The summed E-state index contributed by atoms with van der Waals surface area (Å²) in [6, 6.07) is 0.415. The first-order chi connectivity index (χ1) is 13.6. The number of carbonyl (C=O) groups excluding carboxylic acids is 3. The predicted molar refractivity (Wildman–Crippen MR) is 114 cm³/mol. The summed E-state index contributed by atoms with van der Waals surface area (Å²) in [7, 11) is 0. The molecular weight excluding hydrogens is 487 g/mol. The minimum absolute atomic E-state index is 0.0591. The van der Waals surface area contributed by atoms with Crippen molar-refractivity contribution in [1.82, 2.24) is 10.6 Å². The summed E-state index contributed by atoms with van der Waals surface area (Å²) in [4.78, 5) is 36.1. The van der Waals surface area contributed by atoms with Gasteiger partial charge in [0.25, 0.3) is 0 Å². The number of ketones is 2. The standard InChI is InChI=1S/C21H38IN2O3S/c1-5-12-22(21(2,3)4)13-16(26)11-10-15(25)8-6-7-9-18-19-17(14-28-18)23-20(27)24-19/h17-19,22H,5-14H2,1-4H3,(H2,23,24,27)/q-1/i22T. The van der Waals surface area contributed by atoms with E-state index in [2.05, 4.69) is 38.3 Å². The van der Waals surface area contributed by atoms with Gasteiger partial charge >= 0.3 is 172 Å². The Labute approximate surface area is 182 Å². The van der Waals surface area contributed by atoms with Gasteiger partial charge < -0.3 is 5.32 Å². The van der Waals surface area contributed by atoms with E-state index in [0.29, 0.717) is 28.9 Å². The molecule has 2 amide bonds. The van der Waals surface area contributed by atoms with Crippen molar-refractivity contribution in [2.75, 3.05) is 14.6 Å². The molecule has 2 N–H and O–H groups in total. The van der Waals surface area contributed by atoms with Crippen LogP contribution in [-0.2, 0) is 9.59 Å². The van der Waals surface area contributed by atoms with Gasteiger partial charge in [-0.05, 0) is 0 Å². The van der Waals surface area contributed by atoms with Crippen LogP contribution in [0.25, 0.3) is 0 Å². The summed E-state index contributed by atoms with van der Waals surface area (Å²) in [5, 5.41) is 6.38. The molecule has 2 heterocycles. The molecule has 2 fully saturated rings. The molecular formula is C21H38IN2O3S-. The molecule has 0 bridgehead atoms. The van der Waals surface area contributed by atoms with Crippen LogP contribution in [0, 0.1) is 0 Å². The van der Waals surface area contributed by atoms with E-state index in [-0.39, 0.29) is 33.1 Å². The SMILES string of the molecule is [3H][I-](CCC)(CC(=O)CCC(=O)CCCCC1SCC2NC(=O)NC21)C(C)(C)C. The molecule has 0 radical (unpaired) electrons. The zero-order valence-electron chi connectivity index (χ0n) is 18.8. The van der Waals surface area contributed by atoms with Crippen LogP contribution >= 0.6 is 11.8 Å². The van der Waals surface area contributed by atoms with Crippen molar-refractivity contribution < 1.29 is 34.0 Å². The van der Waals surface area contributed by atoms with Crippen LogP contribution in [-0.4, -0.2) is 53.6 Å². The van der Waals surface area contributed by atoms with Gasteiger partial charge in [-0.1, -0.05) is 0 Å². The van der Waals surface area contributed by atoms with Crippen LogP contribution in [0.15, 0.2) is 0 Å². The van der Waals surface area contributed by atoms with Gasteiger partial charge in [-0.25, -0.2) is 4.79 Å². The molecule has 4 unspecified atom stereocenters. The van der Waals surface area contributed by atoms with Gasteiger partial charge in [0.05, 0.1) is 0 Å². The molecule has 0 aromatic carbocycles. The number of urea groups is 1. The van der Waals surface area contributed by atoms with Crippen molar-refractivity contribution in [3.05, 3.63) is 0 Å². The van der Waals surface area contributed by atoms with E-state index in [9.17, 15) is 14.4 Å². The fraction of sp³-hybridized carbons (Fsp3) is 0.857. The van der Waals surface area contributed by atoms with Crippen molar-refractivity contribution in [2.24, 2.45) is 0 Å².